The molecule has 0 spiro atoms. The molecule has 1 aromatic heterocycles. The molecule has 1 N–H and O–H groups in total. The molecule has 0 aromatic carbocycles. The number of pyridine rings is 1. The first-order chi connectivity index (χ1) is 8.09. The average Bonchev–Trinajstić information content (AvgIpc) is 2.27. The van der Waals surface area contributed by atoms with E-state index in [9.17, 15) is 8.78 Å². The van der Waals surface area contributed by atoms with E-state index in [4.69, 9.17) is 4.74 Å². The molecule has 6 heteroatoms. The summed E-state index contributed by atoms with van der Waals surface area (Å²) in [5.41, 5.74) is 0.903. The number of aromatic nitrogens is 1. The van der Waals surface area contributed by atoms with Crippen LogP contribution >= 0.6 is 0 Å². The summed E-state index contributed by atoms with van der Waals surface area (Å²) in [7, 11) is 1.81. The summed E-state index contributed by atoms with van der Waals surface area (Å²) in [5.74, 6) is -2.00. The highest BCUT2D eigenvalue weighted by Crippen LogP contribution is 2.25. The maximum absolute atomic E-state index is 12.5. The Bertz CT molecular complexity index is 361. The van der Waals surface area contributed by atoms with Gasteiger partial charge in [-0.15, -0.1) is 0 Å². The summed E-state index contributed by atoms with van der Waals surface area (Å²) in [6, 6.07) is 3.59. The van der Waals surface area contributed by atoms with E-state index in [1.807, 2.05) is 13.1 Å². The monoisotopic (exact) mass is 243 g/mol. The molecule has 1 saturated heterocycles. The van der Waals surface area contributed by atoms with Gasteiger partial charge in [0.05, 0.1) is 25.0 Å². The fourth-order valence-corrected chi connectivity index (χ4v) is 1.66. The third kappa shape index (κ3) is 3.26. The molecule has 1 aliphatic rings. The molecular weight excluding hydrogens is 228 g/mol. The Balaban J connectivity index is 1.68. The molecule has 1 aromatic rings. The van der Waals surface area contributed by atoms with Crippen LogP contribution in [0.2, 0.25) is 0 Å². The third-order valence-electron chi connectivity index (χ3n) is 2.59. The van der Waals surface area contributed by atoms with E-state index in [1.165, 1.54) is 0 Å². The van der Waals surface area contributed by atoms with Crippen molar-refractivity contribution in [3.8, 4) is 5.88 Å². The molecule has 0 saturated carbocycles. The van der Waals surface area contributed by atoms with E-state index >= 15 is 0 Å². The van der Waals surface area contributed by atoms with Crippen LogP contribution in [0.5, 0.6) is 5.88 Å². The van der Waals surface area contributed by atoms with Crippen LogP contribution in [0.15, 0.2) is 18.3 Å². The Kier molecular flexibility index (Phi) is 3.42. The standard InChI is InChI=1S/C11H15F2N3O/c1-14-9-2-3-10(15-6-9)17-5-4-16-7-11(12,13)8-16/h2-3,6,14H,4-5,7-8H2,1H3. The molecule has 1 aliphatic heterocycles. The molecular formula is C11H15F2N3O. The van der Waals surface area contributed by atoms with Crippen molar-refractivity contribution >= 4 is 5.69 Å². The van der Waals surface area contributed by atoms with Crippen LogP contribution in [0.1, 0.15) is 0 Å². The predicted octanol–water partition coefficient (Wildman–Crippen LogP) is 1.45. The topological polar surface area (TPSA) is 37.4 Å². The lowest BCUT2D eigenvalue weighted by Gasteiger charge is -2.38. The molecule has 2 heterocycles. The Morgan fingerprint density at radius 2 is 2.24 bits per heavy atom. The number of ether oxygens (including phenoxy) is 1. The number of anilines is 1. The van der Waals surface area contributed by atoms with Gasteiger partial charge in [0, 0.05) is 19.7 Å². The van der Waals surface area contributed by atoms with Crippen LogP contribution in [0.3, 0.4) is 0 Å². The van der Waals surface area contributed by atoms with Gasteiger partial charge in [-0.05, 0) is 6.07 Å². The SMILES string of the molecule is CNc1ccc(OCCN2CC(F)(F)C2)nc1. The van der Waals surface area contributed by atoms with E-state index in [-0.39, 0.29) is 13.1 Å². The van der Waals surface area contributed by atoms with Crippen LogP contribution in [0, 0.1) is 0 Å². The smallest absolute Gasteiger partial charge is 0.272 e. The van der Waals surface area contributed by atoms with E-state index in [0.29, 0.717) is 19.0 Å². The zero-order valence-electron chi connectivity index (χ0n) is 9.62. The van der Waals surface area contributed by atoms with Crippen molar-refractivity contribution in [1.82, 2.24) is 9.88 Å². The van der Waals surface area contributed by atoms with Crippen molar-refractivity contribution in [2.24, 2.45) is 0 Å². The van der Waals surface area contributed by atoms with Crippen LogP contribution in [0.25, 0.3) is 0 Å². The Hall–Kier alpha value is -1.43. The summed E-state index contributed by atoms with van der Waals surface area (Å²) in [5, 5.41) is 2.95. The highest BCUT2D eigenvalue weighted by molar-refractivity contribution is 5.40. The van der Waals surface area contributed by atoms with Crippen molar-refractivity contribution in [3.63, 3.8) is 0 Å². The van der Waals surface area contributed by atoms with Gasteiger partial charge in [-0.1, -0.05) is 0 Å². The number of rotatable bonds is 5. The second-order valence-electron chi connectivity index (χ2n) is 4.05. The average molecular weight is 243 g/mol. The fourth-order valence-electron chi connectivity index (χ4n) is 1.66. The molecule has 1 fully saturated rings. The first-order valence-corrected chi connectivity index (χ1v) is 5.46. The predicted molar refractivity (Wildman–Crippen MR) is 60.7 cm³/mol. The second kappa shape index (κ2) is 4.83. The van der Waals surface area contributed by atoms with Gasteiger partial charge in [-0.3, -0.25) is 4.90 Å². The van der Waals surface area contributed by atoms with Gasteiger partial charge in [0.2, 0.25) is 5.88 Å². The number of alkyl halides is 2. The Morgan fingerprint density at radius 1 is 1.47 bits per heavy atom. The van der Waals surface area contributed by atoms with Crippen LogP contribution in [-0.4, -0.2) is 49.1 Å². The zero-order chi connectivity index (χ0) is 12.3. The first kappa shape index (κ1) is 12.0. The molecule has 0 amide bonds. The molecule has 2 rings (SSSR count). The van der Waals surface area contributed by atoms with Crippen LogP contribution < -0.4 is 10.1 Å². The van der Waals surface area contributed by atoms with Crippen molar-refractivity contribution in [1.29, 1.82) is 0 Å². The molecule has 0 aliphatic carbocycles. The number of halogens is 2. The molecule has 0 radical (unpaired) electrons. The number of hydrogen-bond acceptors (Lipinski definition) is 4. The number of likely N-dealkylation sites (tertiary alicyclic amines) is 1. The fraction of sp³-hybridized carbons (Fsp3) is 0.545. The van der Waals surface area contributed by atoms with E-state index in [1.54, 1.807) is 17.2 Å². The molecule has 0 bridgehead atoms. The van der Waals surface area contributed by atoms with Gasteiger partial charge in [0.25, 0.3) is 5.92 Å². The van der Waals surface area contributed by atoms with Gasteiger partial charge in [0.15, 0.2) is 0 Å². The van der Waals surface area contributed by atoms with Gasteiger partial charge < -0.3 is 10.1 Å². The van der Waals surface area contributed by atoms with Crippen molar-refractivity contribution < 1.29 is 13.5 Å². The summed E-state index contributed by atoms with van der Waals surface area (Å²) in [6.45, 7) is 0.554. The summed E-state index contributed by atoms with van der Waals surface area (Å²) >= 11 is 0. The normalized spacial score (nSPS) is 18.5. The maximum Gasteiger partial charge on any atom is 0.272 e. The summed E-state index contributed by atoms with van der Waals surface area (Å²) in [4.78, 5) is 5.72. The number of nitrogens with one attached hydrogen (secondary N) is 1. The van der Waals surface area contributed by atoms with E-state index in [0.717, 1.165) is 5.69 Å². The third-order valence-corrected chi connectivity index (χ3v) is 2.59. The van der Waals surface area contributed by atoms with E-state index in [2.05, 4.69) is 10.3 Å². The Labute approximate surface area is 98.6 Å². The summed E-state index contributed by atoms with van der Waals surface area (Å²) < 4.78 is 30.4. The molecule has 0 atom stereocenters. The van der Waals surface area contributed by atoms with Gasteiger partial charge >= 0.3 is 0 Å². The quantitative estimate of drug-likeness (QED) is 0.849. The van der Waals surface area contributed by atoms with Gasteiger partial charge in [0.1, 0.15) is 6.61 Å². The van der Waals surface area contributed by atoms with Crippen LogP contribution in [-0.2, 0) is 0 Å². The molecule has 17 heavy (non-hydrogen) atoms. The Morgan fingerprint density at radius 3 is 2.76 bits per heavy atom. The lowest BCUT2D eigenvalue weighted by atomic mass is 10.1. The minimum absolute atomic E-state index is 0.164. The second-order valence-corrected chi connectivity index (χ2v) is 4.05. The highest BCUT2D eigenvalue weighted by Gasteiger charge is 2.43. The van der Waals surface area contributed by atoms with Crippen molar-refractivity contribution in [2.75, 3.05) is 38.6 Å². The highest BCUT2D eigenvalue weighted by atomic mass is 19.3. The van der Waals surface area contributed by atoms with Crippen LogP contribution in [0.4, 0.5) is 14.5 Å². The molecule has 4 nitrogen and oxygen atoms in total. The lowest BCUT2D eigenvalue weighted by Crippen LogP contribution is -2.57. The number of hydrogen-bond donors (Lipinski definition) is 1. The first-order valence-electron chi connectivity index (χ1n) is 5.46. The van der Waals surface area contributed by atoms with Gasteiger partial charge in [-0.2, -0.15) is 0 Å². The minimum Gasteiger partial charge on any atom is -0.476 e. The minimum atomic E-state index is -2.51. The molecule has 0 unspecified atom stereocenters. The summed E-state index contributed by atoms with van der Waals surface area (Å²) in [6.07, 6.45) is 1.66. The molecule has 94 valence electrons. The van der Waals surface area contributed by atoms with Crippen molar-refractivity contribution in [3.05, 3.63) is 18.3 Å². The van der Waals surface area contributed by atoms with Gasteiger partial charge in [-0.25, -0.2) is 13.8 Å². The van der Waals surface area contributed by atoms with Crippen molar-refractivity contribution in [2.45, 2.75) is 5.92 Å². The lowest BCUT2D eigenvalue weighted by molar-refractivity contribution is -0.132. The van der Waals surface area contributed by atoms with E-state index < -0.39 is 5.92 Å². The largest absolute Gasteiger partial charge is 0.476 e. The number of nitrogens with zero attached hydrogens (tertiary/aromatic N) is 2. The maximum atomic E-state index is 12.5. The zero-order valence-corrected chi connectivity index (χ0v) is 9.62.